The highest BCUT2D eigenvalue weighted by molar-refractivity contribution is 7.92. The Morgan fingerprint density at radius 3 is 2.68 bits per heavy atom. The molecule has 0 bridgehead atoms. The van der Waals surface area contributed by atoms with Crippen molar-refractivity contribution in [3.63, 3.8) is 0 Å². The van der Waals surface area contributed by atoms with Gasteiger partial charge in [-0.2, -0.15) is 8.42 Å². The van der Waals surface area contributed by atoms with Crippen LogP contribution in [0.3, 0.4) is 0 Å². The molecule has 0 aliphatic carbocycles. The summed E-state index contributed by atoms with van der Waals surface area (Å²) in [5.41, 5.74) is 1.59. The second-order valence-electron chi connectivity index (χ2n) is 8.10. The summed E-state index contributed by atoms with van der Waals surface area (Å²) in [6.07, 6.45) is -0.0321. The topological polar surface area (TPSA) is 128 Å². The van der Waals surface area contributed by atoms with Gasteiger partial charge in [0.25, 0.3) is 5.91 Å². The number of carbonyl (C=O) groups excluding carboxylic acids is 1. The molecule has 10 nitrogen and oxygen atoms in total. The van der Waals surface area contributed by atoms with E-state index in [4.69, 9.17) is 9.84 Å². The van der Waals surface area contributed by atoms with Crippen molar-refractivity contribution in [1.29, 1.82) is 0 Å². The maximum atomic E-state index is 15.9. The van der Waals surface area contributed by atoms with Crippen LogP contribution in [-0.4, -0.2) is 56.6 Å². The molecule has 2 aromatic rings. The lowest BCUT2D eigenvalue weighted by atomic mass is 9.97. The molecule has 1 fully saturated rings. The summed E-state index contributed by atoms with van der Waals surface area (Å²) in [7, 11) is -4.25. The Hall–Kier alpha value is -3.38. The van der Waals surface area contributed by atoms with Crippen LogP contribution in [-0.2, 0) is 34.6 Å². The third-order valence-electron chi connectivity index (χ3n) is 5.71. The Balaban J connectivity index is 1.63. The number of nitrogens with zero attached hydrogens (tertiary/aromatic N) is 2. The second-order valence-corrected chi connectivity index (χ2v) is 9.69. The molecule has 2 aromatic carbocycles. The fraction of sp³-hybridized carbons (Fsp3) is 0.364. The fourth-order valence-electron chi connectivity index (χ4n) is 4.09. The van der Waals surface area contributed by atoms with E-state index in [-0.39, 0.29) is 31.1 Å². The molecule has 0 aromatic heterocycles. The number of carboxylic acid groups (broad SMARTS) is 1. The summed E-state index contributed by atoms with van der Waals surface area (Å²) in [6.45, 7) is 1.25. The van der Waals surface area contributed by atoms with Gasteiger partial charge in [-0.05, 0) is 30.0 Å². The SMILES string of the molecule is O=C(O)NCCCN1CCc2cc(OCc3ccccc3)c(N3CC(=O)NS3(=O)=O)c(F)c2C1. The maximum Gasteiger partial charge on any atom is 0.404 e. The smallest absolute Gasteiger partial charge is 0.404 e. The molecular formula is C22H25FN4O6S. The molecule has 2 aliphatic rings. The first-order valence-electron chi connectivity index (χ1n) is 10.8. The quantitative estimate of drug-likeness (QED) is 0.478. The summed E-state index contributed by atoms with van der Waals surface area (Å²) in [6, 6.07) is 10.8. The van der Waals surface area contributed by atoms with E-state index < -0.39 is 34.6 Å². The number of benzene rings is 2. The molecular weight excluding hydrogens is 467 g/mol. The standard InChI is InChI=1S/C22H25FN4O6S/c23-20-17-12-26(9-4-8-24-22(29)30)10-7-16(17)11-18(33-14-15-5-2-1-3-6-15)21(20)27-13-19(28)25-34(27,31)32/h1-3,5-6,11,24H,4,7-10,12-14H2,(H,25,28)(H,29,30). The number of halogens is 1. The van der Waals surface area contributed by atoms with E-state index in [1.165, 1.54) is 0 Å². The molecule has 0 unspecified atom stereocenters. The number of rotatable bonds is 8. The molecule has 0 atom stereocenters. The molecule has 12 heteroatoms. The molecule has 0 radical (unpaired) electrons. The van der Waals surface area contributed by atoms with Gasteiger partial charge in [0.2, 0.25) is 0 Å². The zero-order valence-corrected chi connectivity index (χ0v) is 19.1. The minimum absolute atomic E-state index is 0.0549. The molecule has 2 heterocycles. The Bertz CT molecular complexity index is 1190. The van der Waals surface area contributed by atoms with E-state index in [1.807, 2.05) is 40.0 Å². The number of hydrogen-bond acceptors (Lipinski definition) is 6. The van der Waals surface area contributed by atoms with Gasteiger partial charge in [0.15, 0.2) is 5.82 Å². The zero-order chi connectivity index (χ0) is 24.3. The van der Waals surface area contributed by atoms with Crippen molar-refractivity contribution in [3.8, 4) is 5.75 Å². The fourth-order valence-corrected chi connectivity index (χ4v) is 5.25. The van der Waals surface area contributed by atoms with Crippen LogP contribution in [0.4, 0.5) is 14.9 Å². The Labute approximate surface area is 196 Å². The van der Waals surface area contributed by atoms with Crippen molar-refractivity contribution in [1.82, 2.24) is 14.9 Å². The minimum atomic E-state index is -4.25. The molecule has 2 aliphatic heterocycles. The van der Waals surface area contributed by atoms with Gasteiger partial charge in [0.1, 0.15) is 24.6 Å². The molecule has 2 amide bonds. The van der Waals surface area contributed by atoms with Gasteiger partial charge >= 0.3 is 16.3 Å². The monoisotopic (exact) mass is 492 g/mol. The minimum Gasteiger partial charge on any atom is -0.487 e. The third kappa shape index (κ3) is 5.23. The van der Waals surface area contributed by atoms with Crippen molar-refractivity contribution in [2.75, 3.05) is 30.5 Å². The van der Waals surface area contributed by atoms with Crippen LogP contribution in [0.1, 0.15) is 23.1 Å². The van der Waals surface area contributed by atoms with Gasteiger partial charge in [0.05, 0.1) is 0 Å². The van der Waals surface area contributed by atoms with E-state index in [9.17, 15) is 18.0 Å². The van der Waals surface area contributed by atoms with Crippen molar-refractivity contribution in [2.24, 2.45) is 0 Å². The Kier molecular flexibility index (Phi) is 6.89. The van der Waals surface area contributed by atoms with Crippen molar-refractivity contribution < 1.29 is 32.2 Å². The first-order chi connectivity index (χ1) is 16.2. The molecule has 34 heavy (non-hydrogen) atoms. The average Bonchev–Trinajstić information content (AvgIpc) is 3.07. The predicted molar refractivity (Wildman–Crippen MR) is 121 cm³/mol. The molecule has 1 saturated heterocycles. The lowest BCUT2D eigenvalue weighted by Gasteiger charge is -2.31. The van der Waals surface area contributed by atoms with Gasteiger partial charge in [-0.3, -0.25) is 9.69 Å². The summed E-state index contributed by atoms with van der Waals surface area (Å²) >= 11 is 0. The van der Waals surface area contributed by atoms with Crippen molar-refractivity contribution in [2.45, 2.75) is 26.0 Å². The average molecular weight is 493 g/mol. The van der Waals surface area contributed by atoms with E-state index in [0.29, 0.717) is 41.4 Å². The van der Waals surface area contributed by atoms with Crippen LogP contribution in [0.2, 0.25) is 0 Å². The first-order valence-corrected chi connectivity index (χ1v) is 12.2. The second kappa shape index (κ2) is 9.85. The third-order valence-corrected chi connectivity index (χ3v) is 7.09. The first kappa shape index (κ1) is 23.8. The molecule has 0 spiro atoms. The Morgan fingerprint density at radius 1 is 1.24 bits per heavy atom. The van der Waals surface area contributed by atoms with Crippen LogP contribution in [0.5, 0.6) is 5.75 Å². The highest BCUT2D eigenvalue weighted by Crippen LogP contribution is 2.40. The highest BCUT2D eigenvalue weighted by atomic mass is 32.2. The van der Waals surface area contributed by atoms with E-state index in [2.05, 4.69) is 5.32 Å². The largest absolute Gasteiger partial charge is 0.487 e. The lowest BCUT2D eigenvalue weighted by Crippen LogP contribution is -2.35. The van der Waals surface area contributed by atoms with Crippen LogP contribution in [0, 0.1) is 5.82 Å². The molecule has 0 saturated carbocycles. The highest BCUT2D eigenvalue weighted by Gasteiger charge is 2.39. The van der Waals surface area contributed by atoms with Gasteiger partial charge in [-0.15, -0.1) is 0 Å². The van der Waals surface area contributed by atoms with Crippen LogP contribution >= 0.6 is 0 Å². The number of nitrogens with one attached hydrogen (secondary N) is 2. The van der Waals surface area contributed by atoms with Gasteiger partial charge in [0, 0.05) is 31.7 Å². The zero-order valence-electron chi connectivity index (χ0n) is 18.3. The normalized spacial score (nSPS) is 17.2. The number of carbonyl (C=O) groups is 2. The van der Waals surface area contributed by atoms with E-state index >= 15 is 4.39 Å². The van der Waals surface area contributed by atoms with Crippen LogP contribution < -0.4 is 19.1 Å². The van der Waals surface area contributed by atoms with Gasteiger partial charge < -0.3 is 15.2 Å². The van der Waals surface area contributed by atoms with E-state index in [0.717, 1.165) is 5.56 Å². The summed E-state index contributed by atoms with van der Waals surface area (Å²) < 4.78 is 49.4. The lowest BCUT2D eigenvalue weighted by molar-refractivity contribution is -0.117. The number of amides is 2. The summed E-state index contributed by atoms with van der Waals surface area (Å²) in [5.74, 6) is -1.44. The summed E-state index contributed by atoms with van der Waals surface area (Å²) in [5, 5.41) is 11.0. The maximum absolute atomic E-state index is 15.9. The molecule has 4 rings (SSSR count). The molecule has 182 valence electrons. The Morgan fingerprint density at radius 2 is 2.00 bits per heavy atom. The van der Waals surface area contributed by atoms with Gasteiger partial charge in [-0.25, -0.2) is 18.2 Å². The molecule has 3 N–H and O–H groups in total. The predicted octanol–water partition coefficient (Wildman–Crippen LogP) is 1.60. The van der Waals surface area contributed by atoms with Crippen LogP contribution in [0.25, 0.3) is 0 Å². The van der Waals surface area contributed by atoms with Crippen LogP contribution in [0.15, 0.2) is 36.4 Å². The van der Waals surface area contributed by atoms with Gasteiger partial charge in [-0.1, -0.05) is 30.3 Å². The number of ether oxygens (including phenoxy) is 1. The van der Waals surface area contributed by atoms with E-state index in [1.54, 1.807) is 6.07 Å². The summed E-state index contributed by atoms with van der Waals surface area (Å²) in [4.78, 5) is 24.4. The van der Waals surface area contributed by atoms with Crippen molar-refractivity contribution >= 4 is 27.9 Å². The van der Waals surface area contributed by atoms with Crippen molar-refractivity contribution in [3.05, 3.63) is 58.9 Å². The number of hydrogen-bond donors (Lipinski definition) is 3. The number of fused-ring (bicyclic) bond motifs is 1. The number of anilines is 1.